The molecule has 1 aromatic heterocycles. The summed E-state index contributed by atoms with van der Waals surface area (Å²) in [6.45, 7) is 2.07. The minimum atomic E-state index is 0. The normalized spacial score (nSPS) is 10.1. The molecule has 1 radical (unpaired) electrons. The molecular weight excluding hydrogens is 398 g/mol. The summed E-state index contributed by atoms with van der Waals surface area (Å²) in [5.41, 5.74) is 3.27. The van der Waals surface area contributed by atoms with Crippen molar-refractivity contribution in [3.05, 3.63) is 66.4 Å². The molecule has 0 spiro atoms. The zero-order valence-electron chi connectivity index (χ0n) is 9.98. The summed E-state index contributed by atoms with van der Waals surface area (Å²) in [4.78, 5) is 4.48. The van der Waals surface area contributed by atoms with Gasteiger partial charge in [0.1, 0.15) is 0 Å². The summed E-state index contributed by atoms with van der Waals surface area (Å²) in [7, 11) is 0. The summed E-state index contributed by atoms with van der Waals surface area (Å²) in [5, 5.41) is 2.39. The first kappa shape index (κ1) is 12.9. The fourth-order valence-electron chi connectivity index (χ4n) is 1.98. The Hall–Kier alpha value is -1.50. The maximum Gasteiger partial charge on any atom is 0.0167 e. The van der Waals surface area contributed by atoms with Gasteiger partial charge in [-0.15, -0.1) is 35.4 Å². The predicted octanol–water partition coefficient (Wildman–Crippen LogP) is 4.01. The van der Waals surface area contributed by atoms with Crippen molar-refractivity contribution in [2.45, 2.75) is 6.92 Å². The molecule has 91 valence electrons. The number of hydrogen-bond donors (Lipinski definition) is 0. The van der Waals surface area contributed by atoms with Crippen LogP contribution in [-0.4, -0.2) is 4.98 Å². The monoisotopic (exact) mass is 411 g/mol. The van der Waals surface area contributed by atoms with E-state index in [2.05, 4.69) is 42.2 Å². The van der Waals surface area contributed by atoms with Gasteiger partial charge in [-0.1, -0.05) is 31.2 Å². The molecule has 0 atom stereocenters. The van der Waals surface area contributed by atoms with E-state index in [4.69, 9.17) is 0 Å². The molecule has 0 unspecified atom stereocenters. The average molecular weight is 410 g/mol. The van der Waals surface area contributed by atoms with Gasteiger partial charge < -0.3 is 4.98 Å². The van der Waals surface area contributed by atoms with Crippen molar-refractivity contribution >= 4 is 10.8 Å². The summed E-state index contributed by atoms with van der Waals surface area (Å²) >= 11 is 0. The van der Waals surface area contributed by atoms with Gasteiger partial charge in [-0.25, -0.2) is 0 Å². The molecule has 0 amide bonds. The molecule has 2 aromatic carbocycles. The van der Waals surface area contributed by atoms with E-state index in [0.29, 0.717) is 0 Å². The summed E-state index contributed by atoms with van der Waals surface area (Å²) in [6, 6.07) is 19.8. The van der Waals surface area contributed by atoms with Crippen LogP contribution in [0.15, 0.2) is 54.7 Å². The van der Waals surface area contributed by atoms with Crippen LogP contribution in [0, 0.1) is 13.0 Å². The van der Waals surface area contributed by atoms with Gasteiger partial charge in [-0.05, 0) is 22.5 Å². The molecule has 18 heavy (non-hydrogen) atoms. The van der Waals surface area contributed by atoms with Gasteiger partial charge in [-0.3, -0.25) is 0 Å². The van der Waals surface area contributed by atoms with Gasteiger partial charge in [0, 0.05) is 26.3 Å². The third-order valence-electron chi connectivity index (χ3n) is 2.90. The Morgan fingerprint density at radius 2 is 1.83 bits per heavy atom. The number of fused-ring (bicyclic) bond motifs is 1. The molecule has 0 aliphatic heterocycles. The molecule has 1 heterocycles. The van der Waals surface area contributed by atoms with Gasteiger partial charge in [-0.2, -0.15) is 0 Å². The van der Waals surface area contributed by atoms with Crippen molar-refractivity contribution in [3.63, 3.8) is 0 Å². The summed E-state index contributed by atoms with van der Waals surface area (Å²) in [6.07, 6.45) is 1.85. The number of benzene rings is 2. The van der Waals surface area contributed by atoms with Crippen LogP contribution in [0.5, 0.6) is 0 Å². The van der Waals surface area contributed by atoms with Crippen molar-refractivity contribution in [1.29, 1.82) is 0 Å². The Morgan fingerprint density at radius 3 is 2.61 bits per heavy atom. The third kappa shape index (κ3) is 2.35. The third-order valence-corrected chi connectivity index (χ3v) is 2.90. The number of aryl methyl sites for hydroxylation is 1. The number of rotatable bonds is 1. The molecular formula is C16H12IrN-. The second kappa shape index (κ2) is 5.43. The topological polar surface area (TPSA) is 12.9 Å². The van der Waals surface area contributed by atoms with Gasteiger partial charge in [0.2, 0.25) is 0 Å². The smallest absolute Gasteiger partial charge is 0.0167 e. The van der Waals surface area contributed by atoms with E-state index in [1.54, 1.807) is 0 Å². The van der Waals surface area contributed by atoms with Crippen molar-refractivity contribution in [2.75, 3.05) is 0 Å². The van der Waals surface area contributed by atoms with E-state index in [1.807, 2.05) is 30.5 Å². The molecule has 0 aliphatic carbocycles. The van der Waals surface area contributed by atoms with E-state index in [0.717, 1.165) is 11.3 Å². The van der Waals surface area contributed by atoms with E-state index in [-0.39, 0.29) is 20.1 Å². The molecule has 0 bridgehead atoms. The molecule has 1 nitrogen and oxygen atoms in total. The number of hydrogen-bond acceptors (Lipinski definition) is 1. The maximum atomic E-state index is 4.48. The van der Waals surface area contributed by atoms with Crippen molar-refractivity contribution in [2.24, 2.45) is 0 Å². The number of pyridine rings is 1. The standard InChI is InChI=1S/C16H12N.Ir/c1-12-6-8-14(9-7-12)16-15-5-3-2-4-13(15)10-11-17-16;/h2-8,10-11H,1H3;/q-1;. The fraction of sp³-hybridized carbons (Fsp3) is 0.0625. The van der Waals surface area contributed by atoms with Crippen molar-refractivity contribution in [1.82, 2.24) is 4.98 Å². The first-order chi connectivity index (χ1) is 8.34. The van der Waals surface area contributed by atoms with Gasteiger partial charge in [0.25, 0.3) is 0 Å². The largest absolute Gasteiger partial charge is 0.304 e. The number of nitrogens with zero attached hydrogens (tertiary/aromatic N) is 1. The zero-order valence-corrected chi connectivity index (χ0v) is 12.4. The SMILES string of the molecule is Cc1c[c-]c(-c2nccc3ccccc23)cc1.[Ir]. The first-order valence-electron chi connectivity index (χ1n) is 5.67. The Morgan fingerprint density at radius 1 is 1.00 bits per heavy atom. The van der Waals surface area contributed by atoms with E-state index >= 15 is 0 Å². The van der Waals surface area contributed by atoms with Crippen LogP contribution >= 0.6 is 0 Å². The minimum absolute atomic E-state index is 0. The molecule has 3 rings (SSSR count). The molecule has 2 heteroatoms. The molecule has 0 fully saturated rings. The summed E-state index contributed by atoms with van der Waals surface area (Å²) in [5.74, 6) is 0. The van der Waals surface area contributed by atoms with Crippen LogP contribution in [-0.2, 0) is 20.1 Å². The molecule has 0 N–H and O–H groups in total. The number of aromatic nitrogens is 1. The van der Waals surface area contributed by atoms with Crippen LogP contribution in [0.3, 0.4) is 0 Å². The quantitative estimate of drug-likeness (QED) is 0.553. The molecule has 0 aliphatic rings. The fourth-order valence-corrected chi connectivity index (χ4v) is 1.98. The maximum absolute atomic E-state index is 4.48. The van der Waals surface area contributed by atoms with E-state index < -0.39 is 0 Å². The minimum Gasteiger partial charge on any atom is -0.304 e. The Labute approximate surface area is 120 Å². The van der Waals surface area contributed by atoms with Crippen LogP contribution < -0.4 is 0 Å². The Kier molecular flexibility index (Phi) is 3.90. The zero-order chi connectivity index (χ0) is 11.7. The van der Waals surface area contributed by atoms with Gasteiger partial charge in [0.15, 0.2) is 0 Å². The Balaban J connectivity index is 0.00000120. The molecule has 0 saturated heterocycles. The molecule has 0 saturated carbocycles. The van der Waals surface area contributed by atoms with Crippen molar-refractivity contribution in [3.8, 4) is 11.3 Å². The first-order valence-corrected chi connectivity index (χ1v) is 5.67. The van der Waals surface area contributed by atoms with Crippen LogP contribution in [0.1, 0.15) is 5.56 Å². The van der Waals surface area contributed by atoms with Crippen LogP contribution in [0.2, 0.25) is 0 Å². The molecule has 3 aromatic rings. The van der Waals surface area contributed by atoms with Gasteiger partial charge in [0.05, 0.1) is 0 Å². The van der Waals surface area contributed by atoms with E-state index in [1.165, 1.54) is 16.3 Å². The average Bonchev–Trinajstić information content (AvgIpc) is 2.39. The predicted molar refractivity (Wildman–Crippen MR) is 70.8 cm³/mol. The van der Waals surface area contributed by atoms with E-state index in [9.17, 15) is 0 Å². The second-order valence-corrected chi connectivity index (χ2v) is 4.16. The van der Waals surface area contributed by atoms with Crippen molar-refractivity contribution < 1.29 is 20.1 Å². The summed E-state index contributed by atoms with van der Waals surface area (Å²) < 4.78 is 0. The Bertz CT molecular complexity index is 654. The van der Waals surface area contributed by atoms with Gasteiger partial charge >= 0.3 is 0 Å². The van der Waals surface area contributed by atoms with Crippen LogP contribution in [0.4, 0.5) is 0 Å². The second-order valence-electron chi connectivity index (χ2n) is 4.16. The van der Waals surface area contributed by atoms with Crippen LogP contribution in [0.25, 0.3) is 22.0 Å².